The molecule has 0 aliphatic rings. The first-order valence-electron chi connectivity index (χ1n) is 7.77. The number of ether oxygens (including phenoxy) is 3. The summed E-state index contributed by atoms with van der Waals surface area (Å²) >= 11 is 18.6. The van der Waals surface area contributed by atoms with E-state index in [0.717, 1.165) is 22.6 Å². The zero-order chi connectivity index (χ0) is 19.6. The van der Waals surface area contributed by atoms with E-state index in [1.165, 1.54) is 0 Å². The maximum Gasteiger partial charge on any atom is 0.293 e. The Morgan fingerprint density at radius 2 is 1.27 bits per heavy atom. The molecular weight excluding hydrogens is 399 g/mol. The molecule has 0 aliphatic heterocycles. The lowest BCUT2D eigenvalue weighted by atomic mass is 9.92. The van der Waals surface area contributed by atoms with Crippen LogP contribution in [0.1, 0.15) is 24.0 Å². The van der Waals surface area contributed by atoms with Crippen LogP contribution in [-0.4, -0.2) is 31.1 Å². The summed E-state index contributed by atoms with van der Waals surface area (Å²) < 4.78 is 13.0. The second kappa shape index (κ2) is 11.2. The zero-order valence-electron chi connectivity index (χ0n) is 14.7. The van der Waals surface area contributed by atoms with Gasteiger partial charge < -0.3 is 14.2 Å². The summed E-state index contributed by atoms with van der Waals surface area (Å²) in [6.07, 6.45) is 0. The van der Waals surface area contributed by atoms with Gasteiger partial charge in [0.1, 0.15) is 11.5 Å². The number of methoxy groups -OCH3 is 2. The van der Waals surface area contributed by atoms with Gasteiger partial charge in [-0.25, -0.2) is 0 Å². The number of benzene rings is 2. The summed E-state index contributed by atoms with van der Waals surface area (Å²) in [6.45, 7) is 2.66. The van der Waals surface area contributed by atoms with Crippen LogP contribution in [0.2, 0.25) is 0 Å². The lowest BCUT2D eigenvalue weighted by Crippen LogP contribution is -2.18. The van der Waals surface area contributed by atoms with Crippen molar-refractivity contribution in [2.45, 2.75) is 16.6 Å². The monoisotopic (exact) mass is 418 g/mol. The fourth-order valence-electron chi connectivity index (χ4n) is 2.23. The van der Waals surface area contributed by atoms with E-state index in [-0.39, 0.29) is 5.92 Å². The molecule has 142 valence electrons. The smallest absolute Gasteiger partial charge is 0.293 e. The molecule has 4 nitrogen and oxygen atoms in total. The maximum absolute atomic E-state index is 9.18. The Labute approximate surface area is 168 Å². The van der Waals surface area contributed by atoms with Gasteiger partial charge in [-0.2, -0.15) is 0 Å². The Morgan fingerprint density at radius 3 is 1.46 bits per heavy atom. The molecule has 0 amide bonds. The van der Waals surface area contributed by atoms with Crippen LogP contribution in [0, 0.1) is 0 Å². The largest absolute Gasteiger partial charge is 0.497 e. The van der Waals surface area contributed by atoms with Gasteiger partial charge in [0.25, 0.3) is 6.47 Å². The quantitative estimate of drug-likeness (QED) is 0.465. The first-order chi connectivity index (χ1) is 12.4. The van der Waals surface area contributed by atoms with Crippen LogP contribution < -0.4 is 9.47 Å². The molecule has 0 atom stereocenters. The van der Waals surface area contributed by atoms with E-state index >= 15 is 0 Å². The minimum absolute atomic E-state index is 0.376. The van der Waals surface area contributed by atoms with Crippen molar-refractivity contribution in [2.75, 3.05) is 20.8 Å². The highest BCUT2D eigenvalue weighted by Gasteiger charge is 2.35. The minimum Gasteiger partial charge on any atom is -0.497 e. The summed E-state index contributed by atoms with van der Waals surface area (Å²) in [5.74, 6) is 1.15. The van der Waals surface area contributed by atoms with Gasteiger partial charge in [-0.15, -0.1) is 0 Å². The minimum atomic E-state index is -1.46. The number of hydrogen-bond acceptors (Lipinski definition) is 4. The van der Waals surface area contributed by atoms with Crippen molar-refractivity contribution in [1.82, 2.24) is 0 Å². The van der Waals surface area contributed by atoms with Crippen molar-refractivity contribution in [3.63, 3.8) is 0 Å². The molecule has 2 aromatic carbocycles. The Balaban J connectivity index is 0.000000597. The number of rotatable bonds is 6. The van der Waals surface area contributed by atoms with E-state index in [1.807, 2.05) is 48.5 Å². The lowest BCUT2D eigenvalue weighted by Gasteiger charge is -2.25. The van der Waals surface area contributed by atoms with Crippen LogP contribution in [0.15, 0.2) is 48.5 Å². The predicted octanol–water partition coefficient (Wildman–Crippen LogP) is 5.39. The normalized spacial score (nSPS) is 10.6. The van der Waals surface area contributed by atoms with Crippen molar-refractivity contribution in [1.29, 1.82) is 0 Å². The maximum atomic E-state index is 9.18. The predicted molar refractivity (Wildman–Crippen MR) is 106 cm³/mol. The first kappa shape index (κ1) is 22.4. The topological polar surface area (TPSA) is 44.8 Å². The van der Waals surface area contributed by atoms with Crippen LogP contribution in [0.3, 0.4) is 0 Å². The fourth-order valence-corrected chi connectivity index (χ4v) is 2.99. The van der Waals surface area contributed by atoms with Gasteiger partial charge in [0, 0.05) is 0 Å². The van der Waals surface area contributed by atoms with Gasteiger partial charge in [-0.1, -0.05) is 59.1 Å². The third kappa shape index (κ3) is 6.94. The zero-order valence-corrected chi connectivity index (χ0v) is 17.0. The van der Waals surface area contributed by atoms with Crippen LogP contribution in [0.5, 0.6) is 11.5 Å². The summed E-state index contributed by atoms with van der Waals surface area (Å²) in [6, 6.07) is 15.0. The molecule has 0 saturated heterocycles. The fraction of sp³-hybridized carbons (Fsp3) is 0.316. The highest BCUT2D eigenvalue weighted by molar-refractivity contribution is 6.68. The molecule has 2 rings (SSSR count). The summed E-state index contributed by atoms with van der Waals surface area (Å²) in [7, 11) is 3.23. The second-order valence-corrected chi connectivity index (χ2v) is 7.44. The van der Waals surface area contributed by atoms with Crippen molar-refractivity contribution < 1.29 is 19.0 Å². The second-order valence-electron chi connectivity index (χ2n) is 5.07. The molecule has 0 heterocycles. The Bertz CT molecular complexity index is 604. The number of halogens is 3. The Hall–Kier alpha value is -1.62. The van der Waals surface area contributed by atoms with Crippen LogP contribution in [-0.2, 0) is 9.53 Å². The molecule has 0 aliphatic carbocycles. The van der Waals surface area contributed by atoms with Gasteiger partial charge in [0.2, 0.25) is 3.79 Å². The lowest BCUT2D eigenvalue weighted by molar-refractivity contribution is -0.128. The highest BCUT2D eigenvalue weighted by Crippen LogP contribution is 2.46. The van der Waals surface area contributed by atoms with Gasteiger partial charge in [0.05, 0.1) is 26.7 Å². The molecule has 0 bridgehead atoms. The van der Waals surface area contributed by atoms with Gasteiger partial charge in [-0.05, 0) is 42.3 Å². The van der Waals surface area contributed by atoms with Crippen LogP contribution in [0.25, 0.3) is 0 Å². The molecule has 0 N–H and O–H groups in total. The molecule has 2 aromatic rings. The average molecular weight is 420 g/mol. The number of carbonyl (C=O) groups is 1. The standard InChI is InChI=1S/C16H15Cl3O2.C3H6O2/c1-20-13-7-3-11(4-8-13)15(16(17,18)19)12-5-9-14(21-2)10-6-12;1-2-5-3-4/h3-10,15H,1-2H3;3H,2H2,1H3. The van der Waals surface area contributed by atoms with Gasteiger partial charge in [-0.3, -0.25) is 4.79 Å². The molecule has 0 radical (unpaired) electrons. The van der Waals surface area contributed by atoms with Gasteiger partial charge in [0.15, 0.2) is 0 Å². The van der Waals surface area contributed by atoms with Crippen molar-refractivity contribution >= 4 is 41.3 Å². The first-order valence-corrected chi connectivity index (χ1v) is 8.90. The molecule has 26 heavy (non-hydrogen) atoms. The number of hydrogen-bond donors (Lipinski definition) is 0. The van der Waals surface area contributed by atoms with E-state index < -0.39 is 3.79 Å². The molecular formula is C19H21Cl3O4. The van der Waals surface area contributed by atoms with Crippen molar-refractivity contribution in [3.8, 4) is 11.5 Å². The highest BCUT2D eigenvalue weighted by atomic mass is 35.6. The SMILES string of the molecule is CCOC=O.COc1ccc(C(c2ccc(OC)cc2)C(Cl)(Cl)Cl)cc1. The van der Waals surface area contributed by atoms with Crippen LogP contribution >= 0.6 is 34.8 Å². The van der Waals surface area contributed by atoms with E-state index in [1.54, 1.807) is 21.1 Å². The molecule has 0 fully saturated rings. The summed E-state index contributed by atoms with van der Waals surface area (Å²) in [5, 5.41) is 0. The van der Waals surface area contributed by atoms with E-state index in [2.05, 4.69) is 4.74 Å². The van der Waals surface area contributed by atoms with E-state index in [4.69, 9.17) is 44.3 Å². The molecule has 0 aromatic heterocycles. The van der Waals surface area contributed by atoms with Crippen molar-refractivity contribution in [3.05, 3.63) is 59.7 Å². The third-order valence-electron chi connectivity index (χ3n) is 3.46. The average Bonchev–Trinajstić information content (AvgIpc) is 2.63. The summed E-state index contributed by atoms with van der Waals surface area (Å²) in [5.41, 5.74) is 1.81. The van der Waals surface area contributed by atoms with E-state index in [0.29, 0.717) is 13.1 Å². The molecule has 0 saturated carbocycles. The summed E-state index contributed by atoms with van der Waals surface area (Å²) in [4.78, 5) is 9.18. The number of carbonyl (C=O) groups excluding carboxylic acids is 1. The molecule has 0 spiro atoms. The van der Waals surface area contributed by atoms with E-state index in [9.17, 15) is 4.79 Å². The third-order valence-corrected chi connectivity index (χ3v) is 4.11. The van der Waals surface area contributed by atoms with Crippen molar-refractivity contribution in [2.24, 2.45) is 0 Å². The number of alkyl halides is 3. The molecule has 0 unspecified atom stereocenters. The Morgan fingerprint density at radius 1 is 0.885 bits per heavy atom. The van der Waals surface area contributed by atoms with Gasteiger partial charge >= 0.3 is 0 Å². The molecule has 7 heteroatoms. The van der Waals surface area contributed by atoms with Crippen LogP contribution in [0.4, 0.5) is 0 Å². The Kier molecular flexibility index (Phi) is 9.63.